The van der Waals surface area contributed by atoms with E-state index < -0.39 is 18.1 Å². The maximum atomic E-state index is 11.9. The number of ether oxygens (including phenoxy) is 1. The van der Waals surface area contributed by atoms with Crippen molar-refractivity contribution in [2.75, 3.05) is 13.7 Å². The first-order valence-corrected chi connectivity index (χ1v) is 5.22. The van der Waals surface area contributed by atoms with Crippen molar-refractivity contribution in [3.63, 3.8) is 0 Å². The number of aliphatic hydroxyl groups is 1. The second-order valence-corrected chi connectivity index (χ2v) is 4.02. The van der Waals surface area contributed by atoms with Crippen LogP contribution in [0.15, 0.2) is 24.3 Å². The molecule has 0 bridgehead atoms. The zero-order chi connectivity index (χ0) is 12.5. The molecular weight excluding hydrogens is 222 g/mol. The van der Waals surface area contributed by atoms with Gasteiger partial charge in [-0.2, -0.15) is 0 Å². The van der Waals surface area contributed by atoms with Gasteiger partial charge in [0.1, 0.15) is 0 Å². The predicted octanol–water partition coefficient (Wildman–Crippen LogP) is -0.123. The van der Waals surface area contributed by atoms with E-state index >= 15 is 0 Å². The van der Waals surface area contributed by atoms with E-state index in [1.54, 1.807) is 24.3 Å². The van der Waals surface area contributed by atoms with E-state index in [4.69, 9.17) is 0 Å². The fourth-order valence-electron chi connectivity index (χ4n) is 2.03. The molecule has 0 aliphatic carbocycles. The van der Waals surface area contributed by atoms with Gasteiger partial charge in [-0.15, -0.1) is 0 Å². The highest BCUT2D eigenvalue weighted by molar-refractivity contribution is 6.01. The Morgan fingerprint density at radius 1 is 1.53 bits per heavy atom. The normalized spacial score (nSPS) is 22.6. The first-order valence-electron chi connectivity index (χ1n) is 5.22. The topological polar surface area (TPSA) is 75.6 Å². The zero-order valence-electron chi connectivity index (χ0n) is 9.40. The number of rotatable bonds is 2. The van der Waals surface area contributed by atoms with Crippen LogP contribution in [0.1, 0.15) is 15.9 Å². The SMILES string of the molecule is COC(=O)C1(CO)Cc2ccccc2C(=O)N1. The van der Waals surface area contributed by atoms with Crippen LogP contribution in [0.25, 0.3) is 0 Å². The quantitative estimate of drug-likeness (QED) is 0.700. The van der Waals surface area contributed by atoms with Crippen LogP contribution in [-0.4, -0.2) is 36.2 Å². The van der Waals surface area contributed by atoms with Crippen molar-refractivity contribution in [2.24, 2.45) is 0 Å². The highest BCUT2D eigenvalue weighted by Gasteiger charge is 2.44. The van der Waals surface area contributed by atoms with E-state index in [2.05, 4.69) is 10.1 Å². The lowest BCUT2D eigenvalue weighted by Crippen LogP contribution is -2.61. The van der Waals surface area contributed by atoms with Crippen LogP contribution >= 0.6 is 0 Å². The molecule has 1 atom stereocenters. The Morgan fingerprint density at radius 3 is 2.88 bits per heavy atom. The Labute approximate surface area is 98.4 Å². The van der Waals surface area contributed by atoms with E-state index in [1.807, 2.05) is 0 Å². The predicted molar refractivity (Wildman–Crippen MR) is 59.4 cm³/mol. The molecule has 1 amide bonds. The molecule has 2 N–H and O–H groups in total. The Morgan fingerprint density at radius 2 is 2.24 bits per heavy atom. The molecule has 1 aromatic carbocycles. The third kappa shape index (κ3) is 1.78. The lowest BCUT2D eigenvalue weighted by atomic mass is 9.85. The number of nitrogens with one attached hydrogen (secondary N) is 1. The standard InChI is InChI=1S/C12H13NO4/c1-17-11(16)12(7-14)6-8-4-2-3-5-9(8)10(15)13-12/h2-5,14H,6-7H2,1H3,(H,13,15). The van der Waals surface area contributed by atoms with Gasteiger partial charge in [-0.05, 0) is 11.6 Å². The number of benzene rings is 1. The van der Waals surface area contributed by atoms with Gasteiger partial charge in [0.15, 0.2) is 5.54 Å². The number of hydrogen-bond donors (Lipinski definition) is 2. The molecule has 0 spiro atoms. The number of carbonyl (C=O) groups is 2. The number of amides is 1. The smallest absolute Gasteiger partial charge is 0.334 e. The summed E-state index contributed by atoms with van der Waals surface area (Å²) in [7, 11) is 1.23. The Bertz CT molecular complexity index is 471. The minimum atomic E-state index is -1.36. The molecular formula is C12H13NO4. The molecule has 5 heteroatoms. The average Bonchev–Trinajstić information content (AvgIpc) is 2.37. The Hall–Kier alpha value is -1.88. The maximum Gasteiger partial charge on any atom is 0.334 e. The molecule has 1 aliphatic rings. The minimum Gasteiger partial charge on any atom is -0.467 e. The molecule has 0 saturated carbocycles. The number of aliphatic hydroxyl groups excluding tert-OH is 1. The highest BCUT2D eigenvalue weighted by Crippen LogP contribution is 2.24. The molecule has 0 aromatic heterocycles. The second-order valence-electron chi connectivity index (χ2n) is 4.02. The van der Waals surface area contributed by atoms with Crippen molar-refractivity contribution in [1.29, 1.82) is 0 Å². The summed E-state index contributed by atoms with van der Waals surface area (Å²) in [5.74, 6) is -1.01. The van der Waals surface area contributed by atoms with Crippen LogP contribution in [0, 0.1) is 0 Å². The number of fused-ring (bicyclic) bond motifs is 1. The van der Waals surface area contributed by atoms with Crippen molar-refractivity contribution in [1.82, 2.24) is 5.32 Å². The number of methoxy groups -OCH3 is 1. The monoisotopic (exact) mass is 235 g/mol. The summed E-state index contributed by atoms with van der Waals surface area (Å²) >= 11 is 0. The van der Waals surface area contributed by atoms with Crippen LogP contribution in [-0.2, 0) is 16.0 Å². The summed E-state index contributed by atoms with van der Waals surface area (Å²) in [4.78, 5) is 23.5. The summed E-state index contributed by atoms with van der Waals surface area (Å²) in [6.07, 6.45) is 0.234. The summed E-state index contributed by atoms with van der Waals surface area (Å²) in [5.41, 5.74) is -0.101. The molecule has 1 heterocycles. The van der Waals surface area contributed by atoms with E-state index in [0.717, 1.165) is 5.56 Å². The third-order valence-corrected chi connectivity index (χ3v) is 2.95. The van der Waals surface area contributed by atoms with Crippen molar-refractivity contribution in [2.45, 2.75) is 12.0 Å². The summed E-state index contributed by atoms with van der Waals surface area (Å²) in [6.45, 7) is -0.486. The maximum absolute atomic E-state index is 11.9. The van der Waals surface area contributed by atoms with E-state index in [1.165, 1.54) is 7.11 Å². The lowest BCUT2D eigenvalue weighted by molar-refractivity contribution is -0.150. The third-order valence-electron chi connectivity index (χ3n) is 2.95. The van der Waals surface area contributed by atoms with Gasteiger partial charge in [0, 0.05) is 12.0 Å². The van der Waals surface area contributed by atoms with Gasteiger partial charge in [-0.3, -0.25) is 4.79 Å². The molecule has 0 radical (unpaired) electrons. The Balaban J connectivity index is 2.44. The zero-order valence-corrected chi connectivity index (χ0v) is 9.40. The molecule has 1 aromatic rings. The van der Waals surface area contributed by atoms with Crippen molar-refractivity contribution < 1.29 is 19.4 Å². The first kappa shape index (κ1) is 11.6. The van der Waals surface area contributed by atoms with Gasteiger partial charge in [-0.25, -0.2) is 4.79 Å². The second kappa shape index (κ2) is 4.18. The number of esters is 1. The van der Waals surface area contributed by atoms with Crippen LogP contribution < -0.4 is 5.32 Å². The average molecular weight is 235 g/mol. The van der Waals surface area contributed by atoms with Crippen LogP contribution in [0.4, 0.5) is 0 Å². The van der Waals surface area contributed by atoms with Crippen molar-refractivity contribution >= 4 is 11.9 Å². The van der Waals surface area contributed by atoms with Crippen LogP contribution in [0.5, 0.6) is 0 Å². The highest BCUT2D eigenvalue weighted by atomic mass is 16.5. The molecule has 2 rings (SSSR count). The number of carbonyl (C=O) groups excluding carboxylic acids is 2. The van der Waals surface area contributed by atoms with Gasteiger partial charge in [0.05, 0.1) is 13.7 Å². The molecule has 90 valence electrons. The largest absolute Gasteiger partial charge is 0.467 e. The summed E-state index contributed by atoms with van der Waals surface area (Å²) in [5, 5.41) is 11.9. The van der Waals surface area contributed by atoms with Crippen LogP contribution in [0.2, 0.25) is 0 Å². The minimum absolute atomic E-state index is 0.234. The summed E-state index contributed by atoms with van der Waals surface area (Å²) in [6, 6.07) is 6.99. The van der Waals surface area contributed by atoms with E-state index in [9.17, 15) is 14.7 Å². The van der Waals surface area contributed by atoms with Gasteiger partial charge in [0.25, 0.3) is 5.91 Å². The molecule has 17 heavy (non-hydrogen) atoms. The molecule has 0 fully saturated rings. The fraction of sp³-hybridized carbons (Fsp3) is 0.333. The van der Waals surface area contributed by atoms with Gasteiger partial charge < -0.3 is 15.2 Å². The van der Waals surface area contributed by atoms with Gasteiger partial charge >= 0.3 is 5.97 Å². The first-order chi connectivity index (χ1) is 8.13. The van der Waals surface area contributed by atoms with Gasteiger partial charge in [0.2, 0.25) is 0 Å². The van der Waals surface area contributed by atoms with E-state index in [0.29, 0.717) is 5.56 Å². The lowest BCUT2D eigenvalue weighted by Gasteiger charge is -2.34. The molecule has 1 unspecified atom stereocenters. The Kier molecular flexibility index (Phi) is 2.85. The molecule has 5 nitrogen and oxygen atoms in total. The molecule has 1 aliphatic heterocycles. The molecule has 0 saturated heterocycles. The van der Waals surface area contributed by atoms with E-state index in [-0.39, 0.29) is 12.3 Å². The number of hydrogen-bond acceptors (Lipinski definition) is 4. The fourth-order valence-corrected chi connectivity index (χ4v) is 2.03. The van der Waals surface area contributed by atoms with Crippen molar-refractivity contribution in [3.8, 4) is 0 Å². The summed E-state index contributed by atoms with van der Waals surface area (Å²) < 4.78 is 4.63. The van der Waals surface area contributed by atoms with Crippen molar-refractivity contribution in [3.05, 3.63) is 35.4 Å². The van der Waals surface area contributed by atoms with Gasteiger partial charge in [-0.1, -0.05) is 18.2 Å². The van der Waals surface area contributed by atoms with Crippen LogP contribution in [0.3, 0.4) is 0 Å².